The molecule has 1 N–H and O–H groups in total. The Hall–Kier alpha value is -0.920. The van der Waals surface area contributed by atoms with Crippen molar-refractivity contribution in [2.75, 3.05) is 5.32 Å². The van der Waals surface area contributed by atoms with E-state index in [0.29, 0.717) is 10.0 Å². The van der Waals surface area contributed by atoms with Gasteiger partial charge in [-0.3, -0.25) is 0 Å². The molecule has 3 heteroatoms. The minimum absolute atomic E-state index is 0.651. The average molecular weight is 240 g/mol. The van der Waals surface area contributed by atoms with Gasteiger partial charge in [0.05, 0.1) is 15.7 Å². The van der Waals surface area contributed by atoms with Crippen LogP contribution in [0.4, 0.5) is 5.69 Å². The van der Waals surface area contributed by atoms with Crippen molar-refractivity contribution in [2.24, 2.45) is 0 Å². The molecule has 0 heterocycles. The number of allylic oxidation sites excluding steroid dienone is 4. The normalized spacial score (nSPS) is 14.9. The van der Waals surface area contributed by atoms with E-state index in [2.05, 4.69) is 11.4 Å². The molecule has 0 bridgehead atoms. The fraction of sp³-hybridized carbons (Fsp3) is 0.167. The van der Waals surface area contributed by atoms with Gasteiger partial charge in [0.2, 0.25) is 0 Å². The van der Waals surface area contributed by atoms with Crippen molar-refractivity contribution in [1.29, 1.82) is 0 Å². The summed E-state index contributed by atoms with van der Waals surface area (Å²) in [7, 11) is 0. The first kappa shape index (κ1) is 10.6. The Balaban J connectivity index is 2.23. The van der Waals surface area contributed by atoms with Crippen molar-refractivity contribution in [1.82, 2.24) is 0 Å². The van der Waals surface area contributed by atoms with Crippen LogP contribution < -0.4 is 5.32 Å². The van der Waals surface area contributed by atoms with Crippen LogP contribution in [-0.4, -0.2) is 0 Å². The summed E-state index contributed by atoms with van der Waals surface area (Å²) in [6, 6.07) is 5.50. The molecule has 2 rings (SSSR count). The van der Waals surface area contributed by atoms with Gasteiger partial charge in [-0.1, -0.05) is 41.4 Å². The molecule has 78 valence electrons. The minimum atomic E-state index is 0.651. The van der Waals surface area contributed by atoms with Crippen LogP contribution in [0.3, 0.4) is 0 Å². The van der Waals surface area contributed by atoms with E-state index in [9.17, 15) is 0 Å². The number of benzene rings is 1. The Kier molecular flexibility index (Phi) is 3.34. The number of halogens is 2. The smallest absolute Gasteiger partial charge is 0.0760 e. The Morgan fingerprint density at radius 3 is 2.47 bits per heavy atom. The lowest BCUT2D eigenvalue weighted by Gasteiger charge is -2.14. The molecule has 0 aromatic heterocycles. The number of nitrogens with one attached hydrogen (secondary N) is 1. The van der Waals surface area contributed by atoms with Gasteiger partial charge in [0.1, 0.15) is 0 Å². The van der Waals surface area contributed by atoms with Crippen LogP contribution in [0, 0.1) is 0 Å². The second-order valence-electron chi connectivity index (χ2n) is 3.38. The Labute approximate surface area is 99.4 Å². The maximum absolute atomic E-state index is 6.06. The first-order chi connectivity index (χ1) is 7.27. The predicted molar refractivity (Wildman–Crippen MR) is 66.5 cm³/mol. The van der Waals surface area contributed by atoms with Gasteiger partial charge < -0.3 is 5.32 Å². The summed E-state index contributed by atoms with van der Waals surface area (Å²) in [4.78, 5) is 0. The highest BCUT2D eigenvalue weighted by molar-refractivity contribution is 6.39. The third-order valence-corrected chi connectivity index (χ3v) is 2.89. The largest absolute Gasteiger partial charge is 0.356 e. The SMILES string of the molecule is Clc1cccc(Cl)c1NC1=CC=CCC1. The van der Waals surface area contributed by atoms with E-state index in [4.69, 9.17) is 23.2 Å². The number of anilines is 1. The number of hydrogen-bond donors (Lipinski definition) is 1. The number of para-hydroxylation sites is 1. The molecular formula is C12H11Cl2N. The van der Waals surface area contributed by atoms with Crippen LogP contribution in [0.2, 0.25) is 10.0 Å². The van der Waals surface area contributed by atoms with E-state index in [1.54, 1.807) is 0 Å². The predicted octanol–water partition coefficient (Wildman–Crippen LogP) is 4.64. The zero-order chi connectivity index (χ0) is 10.7. The molecule has 0 radical (unpaired) electrons. The summed E-state index contributed by atoms with van der Waals surface area (Å²) in [5, 5.41) is 4.57. The molecule has 1 aromatic carbocycles. The molecule has 0 amide bonds. The van der Waals surface area contributed by atoms with Crippen LogP contribution in [0.1, 0.15) is 12.8 Å². The molecule has 0 atom stereocenters. The van der Waals surface area contributed by atoms with E-state index in [1.807, 2.05) is 30.4 Å². The van der Waals surface area contributed by atoms with Gasteiger partial charge >= 0.3 is 0 Å². The molecule has 0 saturated heterocycles. The summed E-state index contributed by atoms with van der Waals surface area (Å²) in [6.07, 6.45) is 8.28. The van der Waals surface area contributed by atoms with Crippen LogP contribution in [0.25, 0.3) is 0 Å². The highest BCUT2D eigenvalue weighted by atomic mass is 35.5. The minimum Gasteiger partial charge on any atom is -0.356 e. The zero-order valence-electron chi connectivity index (χ0n) is 8.13. The summed E-state index contributed by atoms with van der Waals surface area (Å²) in [5.74, 6) is 0. The molecule has 1 aliphatic rings. The highest BCUT2D eigenvalue weighted by Gasteiger charge is 2.07. The van der Waals surface area contributed by atoms with Crippen molar-refractivity contribution in [3.05, 3.63) is 52.2 Å². The molecule has 1 nitrogen and oxygen atoms in total. The van der Waals surface area contributed by atoms with Crippen molar-refractivity contribution < 1.29 is 0 Å². The average Bonchev–Trinajstić information content (AvgIpc) is 2.25. The van der Waals surface area contributed by atoms with Gasteiger partial charge in [-0.15, -0.1) is 0 Å². The van der Waals surface area contributed by atoms with E-state index < -0.39 is 0 Å². The summed E-state index contributed by atoms with van der Waals surface area (Å²) in [6.45, 7) is 0. The van der Waals surface area contributed by atoms with Gasteiger partial charge in [0.25, 0.3) is 0 Å². The van der Waals surface area contributed by atoms with Gasteiger partial charge in [0, 0.05) is 5.70 Å². The first-order valence-electron chi connectivity index (χ1n) is 4.84. The van der Waals surface area contributed by atoms with Crippen molar-refractivity contribution in [3.8, 4) is 0 Å². The first-order valence-corrected chi connectivity index (χ1v) is 5.60. The molecule has 0 fully saturated rings. The van der Waals surface area contributed by atoms with Gasteiger partial charge in [0.15, 0.2) is 0 Å². The lowest BCUT2D eigenvalue weighted by Crippen LogP contribution is -2.02. The summed E-state index contributed by atoms with van der Waals surface area (Å²) >= 11 is 12.1. The number of rotatable bonds is 2. The molecule has 0 unspecified atom stereocenters. The van der Waals surface area contributed by atoms with E-state index in [1.165, 1.54) is 0 Å². The van der Waals surface area contributed by atoms with Gasteiger partial charge in [-0.2, -0.15) is 0 Å². The van der Waals surface area contributed by atoms with Crippen LogP contribution >= 0.6 is 23.2 Å². The van der Waals surface area contributed by atoms with Crippen molar-refractivity contribution in [3.63, 3.8) is 0 Å². The Bertz CT molecular complexity index is 401. The zero-order valence-corrected chi connectivity index (χ0v) is 9.65. The van der Waals surface area contributed by atoms with E-state index in [-0.39, 0.29) is 0 Å². The fourth-order valence-corrected chi connectivity index (χ4v) is 1.98. The molecule has 0 spiro atoms. The van der Waals surface area contributed by atoms with Crippen LogP contribution in [-0.2, 0) is 0 Å². The van der Waals surface area contributed by atoms with Crippen molar-refractivity contribution >= 4 is 28.9 Å². The summed E-state index contributed by atoms with van der Waals surface area (Å²) in [5.41, 5.74) is 1.94. The second-order valence-corrected chi connectivity index (χ2v) is 4.19. The Morgan fingerprint density at radius 1 is 1.13 bits per heavy atom. The third kappa shape index (κ3) is 2.55. The second kappa shape index (κ2) is 4.73. The maximum atomic E-state index is 6.06. The lowest BCUT2D eigenvalue weighted by molar-refractivity contribution is 0.967. The summed E-state index contributed by atoms with van der Waals surface area (Å²) < 4.78 is 0. The van der Waals surface area contributed by atoms with E-state index >= 15 is 0 Å². The monoisotopic (exact) mass is 239 g/mol. The molecule has 15 heavy (non-hydrogen) atoms. The quantitative estimate of drug-likeness (QED) is 0.793. The lowest BCUT2D eigenvalue weighted by atomic mass is 10.1. The molecule has 1 aromatic rings. The van der Waals surface area contributed by atoms with Gasteiger partial charge in [-0.25, -0.2) is 0 Å². The molecule has 0 saturated carbocycles. The van der Waals surface area contributed by atoms with Crippen molar-refractivity contribution in [2.45, 2.75) is 12.8 Å². The fourth-order valence-electron chi connectivity index (χ4n) is 1.48. The van der Waals surface area contributed by atoms with Crippen LogP contribution in [0.5, 0.6) is 0 Å². The topological polar surface area (TPSA) is 12.0 Å². The number of hydrogen-bond acceptors (Lipinski definition) is 1. The van der Waals surface area contributed by atoms with Gasteiger partial charge in [-0.05, 0) is 31.1 Å². The Morgan fingerprint density at radius 2 is 1.87 bits per heavy atom. The molecular weight excluding hydrogens is 229 g/mol. The standard InChI is InChI=1S/C12H11Cl2N/c13-10-7-4-8-11(14)12(10)15-9-5-2-1-3-6-9/h1-2,4-5,7-8,15H,3,6H2. The maximum Gasteiger partial charge on any atom is 0.0760 e. The molecule has 0 aliphatic heterocycles. The van der Waals surface area contributed by atoms with E-state index in [0.717, 1.165) is 24.2 Å². The highest BCUT2D eigenvalue weighted by Crippen LogP contribution is 2.31. The molecule has 1 aliphatic carbocycles. The third-order valence-electron chi connectivity index (χ3n) is 2.26. The van der Waals surface area contributed by atoms with Crippen LogP contribution in [0.15, 0.2) is 42.1 Å².